The number of hydrogen-bond donors (Lipinski definition) is 2. The maximum Gasteiger partial charge on any atom is 0.330 e. The zero-order chi connectivity index (χ0) is 30.1. The Morgan fingerprint density at radius 2 is 1.00 bits per heavy atom. The molecule has 0 atom stereocenters. The van der Waals surface area contributed by atoms with Crippen LogP contribution in [0.25, 0.3) is 12.2 Å². The zero-order valence-electron chi connectivity index (χ0n) is 25.4. The van der Waals surface area contributed by atoms with Crippen LogP contribution in [0.15, 0.2) is 36.4 Å². The minimum absolute atomic E-state index is 0.211. The number of hydrogen-bond acceptors (Lipinski definition) is 6. The molecule has 2 rings (SSSR count). The number of aromatic hydroxyl groups is 2. The normalized spacial score (nSPS) is 12.3. The van der Waals surface area contributed by atoms with Gasteiger partial charge in [-0.2, -0.15) is 0 Å². The number of aryl methyl sites for hydroxylation is 2. The summed E-state index contributed by atoms with van der Waals surface area (Å²) >= 11 is 0. The van der Waals surface area contributed by atoms with Crippen molar-refractivity contribution in [1.82, 2.24) is 0 Å². The molecular weight excluding hydrogens is 504 g/mol. The van der Waals surface area contributed by atoms with E-state index in [1.807, 2.05) is 79.7 Å². The van der Waals surface area contributed by atoms with Gasteiger partial charge >= 0.3 is 11.9 Å². The van der Waals surface area contributed by atoms with E-state index >= 15 is 0 Å². The summed E-state index contributed by atoms with van der Waals surface area (Å²) in [5.41, 5.74) is 4.47. The van der Waals surface area contributed by atoms with E-state index in [0.717, 1.165) is 59.1 Å². The lowest BCUT2D eigenvalue weighted by Crippen LogP contribution is -2.12. The van der Waals surface area contributed by atoms with Crippen molar-refractivity contribution in [2.75, 3.05) is 13.2 Å². The van der Waals surface area contributed by atoms with Crippen molar-refractivity contribution in [3.63, 3.8) is 0 Å². The summed E-state index contributed by atoms with van der Waals surface area (Å²) in [6, 6.07) is 7.47. The van der Waals surface area contributed by atoms with Crippen molar-refractivity contribution in [2.24, 2.45) is 0 Å². The van der Waals surface area contributed by atoms with Gasteiger partial charge in [0.25, 0.3) is 0 Å². The molecule has 0 fully saturated rings. The fourth-order valence-corrected chi connectivity index (χ4v) is 4.28. The second-order valence-corrected chi connectivity index (χ2v) is 12.4. The van der Waals surface area contributed by atoms with E-state index in [2.05, 4.69) is 0 Å². The van der Waals surface area contributed by atoms with Gasteiger partial charge in [-0.15, -0.1) is 0 Å². The highest BCUT2D eigenvalue weighted by molar-refractivity contribution is 5.87. The van der Waals surface area contributed by atoms with Crippen molar-refractivity contribution >= 4 is 24.1 Å². The Morgan fingerprint density at radius 1 is 0.650 bits per heavy atom. The van der Waals surface area contributed by atoms with Crippen LogP contribution in [0, 0.1) is 13.8 Å². The summed E-state index contributed by atoms with van der Waals surface area (Å²) in [7, 11) is 0. The molecule has 0 amide bonds. The minimum atomic E-state index is -0.401. The van der Waals surface area contributed by atoms with Gasteiger partial charge < -0.3 is 19.7 Å². The molecule has 0 aromatic heterocycles. The van der Waals surface area contributed by atoms with Crippen molar-refractivity contribution in [1.29, 1.82) is 0 Å². The first kappa shape index (κ1) is 32.7. The van der Waals surface area contributed by atoms with Gasteiger partial charge in [0, 0.05) is 23.3 Å². The third-order valence-corrected chi connectivity index (χ3v) is 6.61. The molecule has 0 spiro atoms. The Hall–Kier alpha value is -3.54. The van der Waals surface area contributed by atoms with Crippen LogP contribution < -0.4 is 0 Å². The number of unbranched alkanes of at least 4 members (excludes halogenated alkanes) is 3. The molecule has 0 bridgehead atoms. The molecule has 2 N–H and O–H groups in total. The fourth-order valence-electron chi connectivity index (χ4n) is 4.28. The largest absolute Gasteiger partial charge is 0.507 e. The van der Waals surface area contributed by atoms with E-state index in [1.165, 1.54) is 12.2 Å². The first-order valence-electron chi connectivity index (χ1n) is 14.0. The molecule has 0 unspecified atom stereocenters. The molecule has 0 aliphatic heterocycles. The quantitative estimate of drug-likeness (QED) is 0.169. The number of carbonyl (C=O) groups is 2. The van der Waals surface area contributed by atoms with Crippen molar-refractivity contribution in [2.45, 2.75) is 91.9 Å². The van der Waals surface area contributed by atoms with Crippen LogP contribution in [0.2, 0.25) is 0 Å². The van der Waals surface area contributed by atoms with Crippen LogP contribution in [0.4, 0.5) is 0 Å². The molecule has 0 saturated carbocycles. The summed E-state index contributed by atoms with van der Waals surface area (Å²) in [6.45, 7) is 16.6. The molecule has 218 valence electrons. The summed E-state index contributed by atoms with van der Waals surface area (Å²) < 4.78 is 10.6. The SMILES string of the molecule is Cc1cc(/C=C/C(=O)OCCCCCCOC(=O)/C=C/c2cc(C)c(O)c(C(C)(C)C)c2)cc(C(C)(C)C)c1O. The fraction of sp³-hybridized carbons (Fsp3) is 0.471. The molecule has 6 nitrogen and oxygen atoms in total. The second-order valence-electron chi connectivity index (χ2n) is 12.4. The smallest absolute Gasteiger partial charge is 0.330 e. The summed E-state index contributed by atoms with van der Waals surface area (Å²) in [5, 5.41) is 20.7. The number of phenols is 2. The molecule has 0 heterocycles. The van der Waals surface area contributed by atoms with Crippen LogP contribution in [-0.4, -0.2) is 35.4 Å². The molecule has 0 saturated heterocycles. The average Bonchev–Trinajstić information content (AvgIpc) is 2.85. The van der Waals surface area contributed by atoms with Crippen LogP contribution >= 0.6 is 0 Å². The van der Waals surface area contributed by atoms with E-state index in [1.54, 1.807) is 12.2 Å². The van der Waals surface area contributed by atoms with E-state index < -0.39 is 11.9 Å². The topological polar surface area (TPSA) is 93.1 Å². The Kier molecular flexibility index (Phi) is 11.6. The number of ether oxygens (including phenoxy) is 2. The minimum Gasteiger partial charge on any atom is -0.507 e. The van der Waals surface area contributed by atoms with Gasteiger partial charge in [-0.3, -0.25) is 0 Å². The van der Waals surface area contributed by atoms with Crippen LogP contribution in [0.3, 0.4) is 0 Å². The number of phenolic OH excluding ortho intramolecular Hbond substituents is 2. The van der Waals surface area contributed by atoms with Gasteiger partial charge in [0.1, 0.15) is 11.5 Å². The molecule has 40 heavy (non-hydrogen) atoms. The molecule has 6 heteroatoms. The summed E-state index contributed by atoms with van der Waals surface area (Å²) in [5.74, 6) is -0.223. The van der Waals surface area contributed by atoms with Gasteiger partial charge in [-0.1, -0.05) is 41.5 Å². The predicted octanol–water partition coefficient (Wildman–Crippen LogP) is 7.68. The van der Waals surface area contributed by atoms with Crippen LogP contribution in [0.5, 0.6) is 11.5 Å². The highest BCUT2D eigenvalue weighted by atomic mass is 16.5. The van der Waals surface area contributed by atoms with Crippen LogP contribution in [0.1, 0.15) is 101 Å². The molecular formula is C34H46O6. The van der Waals surface area contributed by atoms with E-state index in [0.29, 0.717) is 13.2 Å². The molecule has 0 radical (unpaired) electrons. The molecule has 0 aliphatic carbocycles. The Bertz CT molecular complexity index is 1140. The Labute approximate surface area is 239 Å². The lowest BCUT2D eigenvalue weighted by molar-refractivity contribution is -0.139. The molecule has 0 aliphatic rings. The number of rotatable bonds is 11. The number of esters is 2. The highest BCUT2D eigenvalue weighted by Crippen LogP contribution is 2.35. The van der Waals surface area contributed by atoms with Crippen molar-refractivity contribution < 1.29 is 29.3 Å². The highest BCUT2D eigenvalue weighted by Gasteiger charge is 2.20. The summed E-state index contributed by atoms with van der Waals surface area (Å²) in [6.07, 6.45) is 9.42. The van der Waals surface area contributed by atoms with Gasteiger partial charge in [0.2, 0.25) is 0 Å². The Morgan fingerprint density at radius 3 is 1.32 bits per heavy atom. The maximum absolute atomic E-state index is 12.1. The van der Waals surface area contributed by atoms with E-state index in [-0.39, 0.29) is 22.3 Å². The van der Waals surface area contributed by atoms with Crippen LogP contribution in [-0.2, 0) is 29.9 Å². The second kappa shape index (κ2) is 14.2. The van der Waals surface area contributed by atoms with E-state index in [9.17, 15) is 19.8 Å². The standard InChI is InChI=1S/C34H46O6/c1-23-19-25(21-27(31(23)37)33(3,4)5)13-15-29(35)39-17-11-9-10-12-18-40-30(36)16-14-26-20-24(2)32(38)28(22-26)34(6,7)8/h13-16,19-22,37-38H,9-12,17-18H2,1-8H3/b15-13+,16-14+. The van der Waals surface area contributed by atoms with Crippen molar-refractivity contribution in [3.05, 3.63) is 69.8 Å². The molecule has 2 aromatic rings. The van der Waals surface area contributed by atoms with Gasteiger partial charge in [-0.25, -0.2) is 9.59 Å². The molecule has 2 aromatic carbocycles. The zero-order valence-corrected chi connectivity index (χ0v) is 25.4. The predicted molar refractivity (Wildman–Crippen MR) is 162 cm³/mol. The number of carbonyl (C=O) groups excluding carboxylic acids is 2. The van der Waals surface area contributed by atoms with E-state index in [4.69, 9.17) is 9.47 Å². The maximum atomic E-state index is 12.1. The summed E-state index contributed by atoms with van der Waals surface area (Å²) in [4.78, 5) is 24.2. The first-order chi connectivity index (χ1) is 18.6. The number of benzene rings is 2. The third-order valence-electron chi connectivity index (χ3n) is 6.61. The monoisotopic (exact) mass is 550 g/mol. The van der Waals surface area contributed by atoms with Gasteiger partial charge in [0.15, 0.2) is 0 Å². The van der Waals surface area contributed by atoms with Crippen molar-refractivity contribution in [3.8, 4) is 11.5 Å². The third kappa shape index (κ3) is 10.2. The Balaban J connectivity index is 1.67. The lowest BCUT2D eigenvalue weighted by Gasteiger charge is -2.22. The van der Waals surface area contributed by atoms with Gasteiger partial charge in [0.05, 0.1) is 13.2 Å². The van der Waals surface area contributed by atoms with Gasteiger partial charge in [-0.05, 0) is 109 Å². The lowest BCUT2D eigenvalue weighted by atomic mass is 9.84. The average molecular weight is 551 g/mol. The first-order valence-corrected chi connectivity index (χ1v) is 14.0.